The van der Waals surface area contributed by atoms with Crippen LogP contribution in [0.1, 0.15) is 17.0 Å². The first-order valence-electron chi connectivity index (χ1n) is 9.46. The maximum atomic E-state index is 12.9. The number of carbonyl (C=O) groups excluding carboxylic acids is 1. The van der Waals surface area contributed by atoms with Gasteiger partial charge in [-0.1, -0.05) is 36.4 Å². The number of hydrogen-bond donors (Lipinski definition) is 1. The molecule has 1 N–H and O–H groups in total. The fourth-order valence-corrected chi connectivity index (χ4v) is 3.43. The summed E-state index contributed by atoms with van der Waals surface area (Å²) >= 11 is 0. The summed E-state index contributed by atoms with van der Waals surface area (Å²) in [5, 5.41) is 3.49. The first-order valence-corrected chi connectivity index (χ1v) is 9.46. The van der Waals surface area contributed by atoms with Gasteiger partial charge in [-0.25, -0.2) is 4.98 Å². The lowest BCUT2D eigenvalue weighted by Crippen LogP contribution is -2.22. The minimum atomic E-state index is -0.107. The summed E-state index contributed by atoms with van der Waals surface area (Å²) in [7, 11) is 0. The summed E-state index contributed by atoms with van der Waals surface area (Å²) in [5.74, 6) is 0.540. The molecule has 3 aromatic carbocycles. The molecule has 1 amide bonds. The van der Waals surface area contributed by atoms with Crippen LogP contribution in [-0.2, 0) is 11.2 Å². The largest absolute Gasteiger partial charge is 0.326 e. The van der Waals surface area contributed by atoms with Gasteiger partial charge in [-0.3, -0.25) is 14.2 Å². The van der Waals surface area contributed by atoms with Crippen molar-refractivity contribution in [1.82, 2.24) is 9.55 Å². The summed E-state index contributed by atoms with van der Waals surface area (Å²) in [6, 6.07) is 22.4. The molecule has 5 nitrogen and oxygen atoms in total. The Bertz CT molecular complexity index is 1260. The number of aryl methyl sites for hydroxylation is 2. The number of hydrogen-bond acceptors (Lipinski definition) is 3. The van der Waals surface area contributed by atoms with Crippen molar-refractivity contribution in [2.45, 2.75) is 20.3 Å². The third kappa shape index (κ3) is 3.80. The molecule has 0 spiro atoms. The maximum Gasteiger partial charge on any atom is 0.265 e. The average Bonchev–Trinajstić information content (AvgIpc) is 2.71. The molecule has 1 heterocycles. The molecule has 4 aromatic rings. The van der Waals surface area contributed by atoms with Crippen LogP contribution in [0, 0.1) is 13.8 Å². The van der Waals surface area contributed by atoms with Crippen LogP contribution in [0.15, 0.2) is 77.6 Å². The lowest BCUT2D eigenvalue weighted by molar-refractivity contribution is -0.115. The molecular weight excluding hydrogens is 362 g/mol. The second kappa shape index (κ2) is 7.72. The van der Waals surface area contributed by atoms with Crippen molar-refractivity contribution in [2.24, 2.45) is 0 Å². The van der Waals surface area contributed by atoms with Gasteiger partial charge in [0.2, 0.25) is 5.91 Å². The van der Waals surface area contributed by atoms with Crippen LogP contribution in [0.25, 0.3) is 16.6 Å². The Morgan fingerprint density at radius 3 is 2.38 bits per heavy atom. The molecule has 0 aliphatic heterocycles. The average molecular weight is 383 g/mol. The van der Waals surface area contributed by atoms with Gasteiger partial charge in [0.05, 0.1) is 23.0 Å². The highest BCUT2D eigenvalue weighted by molar-refractivity contribution is 5.92. The van der Waals surface area contributed by atoms with Crippen molar-refractivity contribution in [3.05, 3.63) is 100 Å². The van der Waals surface area contributed by atoms with Gasteiger partial charge < -0.3 is 5.32 Å². The minimum Gasteiger partial charge on any atom is -0.326 e. The van der Waals surface area contributed by atoms with E-state index in [0.29, 0.717) is 34.5 Å². The van der Waals surface area contributed by atoms with Gasteiger partial charge in [-0.05, 0) is 61.4 Å². The van der Waals surface area contributed by atoms with Crippen molar-refractivity contribution in [3.8, 4) is 5.69 Å². The number of benzene rings is 3. The van der Waals surface area contributed by atoms with Crippen LogP contribution < -0.4 is 10.9 Å². The predicted octanol–water partition coefficient (Wildman–Crippen LogP) is 4.18. The molecule has 0 unspecified atom stereocenters. The van der Waals surface area contributed by atoms with Gasteiger partial charge in [0.15, 0.2) is 0 Å². The molecule has 0 radical (unpaired) electrons. The maximum absolute atomic E-state index is 12.9. The standard InChI is InChI=1S/C24H21N3O2/c1-16-7-3-4-8-18(16)15-23(28)26-19-11-13-20(14-12-19)27-17(2)25-22-10-6-5-9-21(22)24(27)29/h3-14H,15H2,1-2H3,(H,26,28). The van der Waals surface area contributed by atoms with E-state index in [1.807, 2.05) is 68.4 Å². The van der Waals surface area contributed by atoms with Crippen molar-refractivity contribution >= 4 is 22.5 Å². The number of anilines is 1. The summed E-state index contributed by atoms with van der Waals surface area (Å²) in [6.45, 7) is 3.81. The number of nitrogens with zero attached hydrogens (tertiary/aromatic N) is 2. The van der Waals surface area contributed by atoms with Crippen molar-refractivity contribution in [2.75, 3.05) is 5.32 Å². The Hall–Kier alpha value is -3.73. The molecular formula is C24H21N3O2. The highest BCUT2D eigenvalue weighted by Gasteiger charge is 2.10. The first-order chi connectivity index (χ1) is 14.0. The number of carbonyl (C=O) groups is 1. The highest BCUT2D eigenvalue weighted by atomic mass is 16.1. The van der Waals surface area contributed by atoms with Gasteiger partial charge in [0.1, 0.15) is 5.82 Å². The fourth-order valence-electron chi connectivity index (χ4n) is 3.43. The summed E-state index contributed by atoms with van der Waals surface area (Å²) in [4.78, 5) is 29.8. The number of rotatable bonds is 4. The number of amides is 1. The Morgan fingerprint density at radius 1 is 0.931 bits per heavy atom. The van der Waals surface area contributed by atoms with Crippen molar-refractivity contribution in [3.63, 3.8) is 0 Å². The van der Waals surface area contributed by atoms with Gasteiger partial charge in [-0.2, -0.15) is 0 Å². The zero-order valence-electron chi connectivity index (χ0n) is 16.3. The van der Waals surface area contributed by atoms with Gasteiger partial charge in [0.25, 0.3) is 5.56 Å². The second-order valence-electron chi connectivity index (χ2n) is 7.02. The normalized spacial score (nSPS) is 10.8. The number of fused-ring (bicyclic) bond motifs is 1. The predicted molar refractivity (Wildman–Crippen MR) is 116 cm³/mol. The molecule has 4 rings (SSSR count). The Balaban J connectivity index is 1.57. The van der Waals surface area contributed by atoms with E-state index in [9.17, 15) is 9.59 Å². The van der Waals surface area contributed by atoms with E-state index >= 15 is 0 Å². The third-order valence-corrected chi connectivity index (χ3v) is 4.96. The number of aromatic nitrogens is 2. The van der Waals surface area contributed by atoms with Crippen LogP contribution in [0.4, 0.5) is 5.69 Å². The van der Waals surface area contributed by atoms with E-state index in [-0.39, 0.29) is 11.5 Å². The molecule has 0 fully saturated rings. The zero-order valence-corrected chi connectivity index (χ0v) is 16.3. The van der Waals surface area contributed by atoms with E-state index in [1.165, 1.54) is 0 Å². The molecule has 29 heavy (non-hydrogen) atoms. The molecule has 0 bridgehead atoms. The number of para-hydroxylation sites is 1. The van der Waals surface area contributed by atoms with Crippen LogP contribution in [0.5, 0.6) is 0 Å². The van der Waals surface area contributed by atoms with E-state index in [2.05, 4.69) is 10.3 Å². The van der Waals surface area contributed by atoms with Crippen molar-refractivity contribution < 1.29 is 4.79 Å². The lowest BCUT2D eigenvalue weighted by Gasteiger charge is -2.12. The van der Waals surface area contributed by atoms with Gasteiger partial charge >= 0.3 is 0 Å². The molecule has 0 aliphatic carbocycles. The SMILES string of the molecule is Cc1ccccc1CC(=O)Nc1ccc(-n2c(C)nc3ccccc3c2=O)cc1. The van der Waals surface area contributed by atoms with Crippen LogP contribution in [0.3, 0.4) is 0 Å². The zero-order chi connectivity index (χ0) is 20.4. The molecule has 0 saturated heterocycles. The van der Waals surface area contributed by atoms with Crippen LogP contribution in [0.2, 0.25) is 0 Å². The van der Waals surface area contributed by atoms with Crippen molar-refractivity contribution in [1.29, 1.82) is 0 Å². The third-order valence-electron chi connectivity index (χ3n) is 4.96. The first kappa shape index (κ1) is 18.6. The van der Waals surface area contributed by atoms with E-state index < -0.39 is 0 Å². The van der Waals surface area contributed by atoms with E-state index in [4.69, 9.17) is 0 Å². The topological polar surface area (TPSA) is 64.0 Å². The lowest BCUT2D eigenvalue weighted by atomic mass is 10.1. The summed E-state index contributed by atoms with van der Waals surface area (Å²) in [6.07, 6.45) is 0.321. The Kier molecular flexibility index (Phi) is 4.96. The van der Waals surface area contributed by atoms with Gasteiger partial charge in [-0.15, -0.1) is 0 Å². The second-order valence-corrected chi connectivity index (χ2v) is 7.02. The monoisotopic (exact) mass is 383 g/mol. The number of nitrogens with one attached hydrogen (secondary N) is 1. The van der Waals surface area contributed by atoms with Crippen LogP contribution >= 0.6 is 0 Å². The molecule has 144 valence electrons. The molecule has 5 heteroatoms. The van der Waals surface area contributed by atoms with E-state index in [1.54, 1.807) is 22.8 Å². The fraction of sp³-hybridized carbons (Fsp3) is 0.125. The molecule has 0 aliphatic rings. The molecule has 1 aromatic heterocycles. The Morgan fingerprint density at radius 2 is 1.62 bits per heavy atom. The Labute approximate surface area is 168 Å². The summed E-state index contributed by atoms with van der Waals surface area (Å²) in [5.41, 5.74) is 4.08. The van der Waals surface area contributed by atoms with E-state index in [0.717, 1.165) is 11.1 Å². The molecule has 0 atom stereocenters. The van der Waals surface area contributed by atoms with Crippen LogP contribution in [-0.4, -0.2) is 15.5 Å². The summed E-state index contributed by atoms with van der Waals surface area (Å²) < 4.78 is 1.58. The minimum absolute atomic E-state index is 0.0761. The smallest absolute Gasteiger partial charge is 0.265 e. The molecule has 0 saturated carbocycles. The highest BCUT2D eigenvalue weighted by Crippen LogP contribution is 2.16. The quantitative estimate of drug-likeness (QED) is 0.575. The van der Waals surface area contributed by atoms with Gasteiger partial charge in [0, 0.05) is 5.69 Å².